The highest BCUT2D eigenvalue weighted by Crippen LogP contribution is 2.35. The van der Waals surface area contributed by atoms with E-state index in [0.717, 1.165) is 43.1 Å². The molecule has 0 aromatic heterocycles. The summed E-state index contributed by atoms with van der Waals surface area (Å²) in [7, 11) is 0. The molecule has 2 amide bonds. The first-order chi connectivity index (χ1) is 17.2. The quantitative estimate of drug-likeness (QED) is 0.426. The van der Waals surface area contributed by atoms with Crippen molar-refractivity contribution in [3.63, 3.8) is 0 Å². The Labute approximate surface area is 203 Å². The summed E-state index contributed by atoms with van der Waals surface area (Å²) < 4.78 is 16.3. The van der Waals surface area contributed by atoms with Gasteiger partial charge in [-0.3, -0.25) is 14.5 Å². The Hall–Kier alpha value is -4.10. The Bertz CT molecular complexity index is 1330. The lowest BCUT2D eigenvalue weighted by Crippen LogP contribution is -2.41. The van der Waals surface area contributed by atoms with Crippen LogP contribution in [-0.2, 0) is 16.1 Å². The molecule has 3 aliphatic heterocycles. The molecule has 1 saturated heterocycles. The molecule has 3 aromatic carbocycles. The number of nitrogens with zero attached hydrogens (tertiary/aromatic N) is 2. The Morgan fingerprint density at radius 3 is 2.34 bits per heavy atom. The van der Waals surface area contributed by atoms with Gasteiger partial charge in [-0.05, 0) is 53.1 Å². The number of hydrogen-bond donors (Lipinski definition) is 0. The number of amides is 2. The van der Waals surface area contributed by atoms with Gasteiger partial charge in [-0.15, -0.1) is 0 Å². The molecule has 0 bridgehead atoms. The average Bonchev–Trinajstić information content (AvgIpc) is 3.38. The molecular formula is C28H24N2O5. The number of imide groups is 1. The van der Waals surface area contributed by atoms with Crippen LogP contribution in [0.1, 0.15) is 27.0 Å². The van der Waals surface area contributed by atoms with E-state index in [1.807, 2.05) is 48.5 Å². The fraction of sp³-hybridized carbons (Fsp3) is 0.214. The average molecular weight is 469 g/mol. The number of rotatable bonds is 4. The predicted octanol–water partition coefficient (Wildman–Crippen LogP) is 3.98. The maximum atomic E-state index is 13.6. The summed E-state index contributed by atoms with van der Waals surface area (Å²) in [6.45, 7) is 3.50. The van der Waals surface area contributed by atoms with Crippen LogP contribution in [0.3, 0.4) is 0 Å². The number of fused-ring (bicyclic) bond motifs is 2. The lowest BCUT2D eigenvalue weighted by molar-refractivity contribution is -0.123. The Morgan fingerprint density at radius 2 is 1.54 bits per heavy atom. The van der Waals surface area contributed by atoms with Gasteiger partial charge in [0.15, 0.2) is 11.5 Å². The van der Waals surface area contributed by atoms with E-state index in [1.54, 1.807) is 12.1 Å². The van der Waals surface area contributed by atoms with Crippen LogP contribution in [0.15, 0.2) is 66.7 Å². The summed E-state index contributed by atoms with van der Waals surface area (Å²) in [4.78, 5) is 30.5. The minimum atomic E-state index is -0.316. The molecule has 0 radical (unpaired) electrons. The highest BCUT2D eigenvalue weighted by molar-refractivity contribution is 6.33. The highest BCUT2D eigenvalue weighted by atomic mass is 16.7. The van der Waals surface area contributed by atoms with Gasteiger partial charge >= 0.3 is 0 Å². The number of anilines is 1. The van der Waals surface area contributed by atoms with Crippen LogP contribution in [0.25, 0.3) is 11.6 Å². The third kappa shape index (κ3) is 4.04. The SMILES string of the molecule is O=C1C(=Cc2ccc(N3CCOCC3)cc2)c2ccccc2C(=O)N1Cc1ccc2c(c1)OCO2. The molecule has 0 spiro atoms. The van der Waals surface area contributed by atoms with Gasteiger partial charge in [-0.25, -0.2) is 0 Å². The fourth-order valence-corrected chi connectivity index (χ4v) is 4.68. The standard InChI is InChI=1S/C28H24N2O5/c31-27-23-4-2-1-3-22(23)24(15-19-5-8-21(9-6-19)29-11-13-33-14-12-29)28(32)30(27)17-20-7-10-25-26(16-20)35-18-34-25/h1-10,15-16H,11-14,17-18H2. The van der Waals surface area contributed by atoms with Gasteiger partial charge in [0.05, 0.1) is 19.8 Å². The molecule has 7 nitrogen and oxygen atoms in total. The molecule has 35 heavy (non-hydrogen) atoms. The summed E-state index contributed by atoms with van der Waals surface area (Å²) in [5, 5.41) is 0. The summed E-state index contributed by atoms with van der Waals surface area (Å²) >= 11 is 0. The van der Waals surface area contributed by atoms with Crippen molar-refractivity contribution in [2.75, 3.05) is 38.0 Å². The number of carbonyl (C=O) groups excluding carboxylic acids is 2. The Kier molecular flexibility index (Phi) is 5.47. The van der Waals surface area contributed by atoms with E-state index in [-0.39, 0.29) is 25.2 Å². The molecule has 6 rings (SSSR count). The third-order valence-corrected chi connectivity index (χ3v) is 6.53. The zero-order valence-electron chi connectivity index (χ0n) is 19.1. The topological polar surface area (TPSA) is 68.3 Å². The van der Waals surface area contributed by atoms with Crippen LogP contribution in [0.4, 0.5) is 5.69 Å². The maximum Gasteiger partial charge on any atom is 0.261 e. The molecule has 0 unspecified atom stereocenters. The van der Waals surface area contributed by atoms with Gasteiger partial charge in [0.2, 0.25) is 6.79 Å². The second kappa shape index (κ2) is 8.92. The van der Waals surface area contributed by atoms with Crippen molar-refractivity contribution in [1.29, 1.82) is 0 Å². The monoisotopic (exact) mass is 468 g/mol. The molecule has 3 aromatic rings. The van der Waals surface area contributed by atoms with Gasteiger partial charge in [-0.2, -0.15) is 0 Å². The van der Waals surface area contributed by atoms with Gasteiger partial charge in [0.25, 0.3) is 11.8 Å². The minimum Gasteiger partial charge on any atom is -0.454 e. The van der Waals surface area contributed by atoms with E-state index in [0.29, 0.717) is 28.2 Å². The lowest BCUT2D eigenvalue weighted by Gasteiger charge is -2.29. The largest absolute Gasteiger partial charge is 0.454 e. The number of hydrogen-bond acceptors (Lipinski definition) is 6. The fourth-order valence-electron chi connectivity index (χ4n) is 4.68. The second-order valence-electron chi connectivity index (χ2n) is 8.68. The first-order valence-corrected chi connectivity index (χ1v) is 11.7. The van der Waals surface area contributed by atoms with Gasteiger partial charge in [0, 0.05) is 29.9 Å². The summed E-state index contributed by atoms with van der Waals surface area (Å²) in [5.41, 5.74) is 4.50. The smallest absolute Gasteiger partial charge is 0.261 e. The minimum absolute atomic E-state index is 0.149. The zero-order chi connectivity index (χ0) is 23.8. The predicted molar refractivity (Wildman–Crippen MR) is 131 cm³/mol. The number of benzene rings is 3. The molecule has 0 N–H and O–H groups in total. The van der Waals surface area contributed by atoms with Crippen LogP contribution < -0.4 is 14.4 Å². The first-order valence-electron chi connectivity index (χ1n) is 11.7. The molecule has 0 saturated carbocycles. The van der Waals surface area contributed by atoms with Crippen molar-refractivity contribution >= 4 is 29.2 Å². The van der Waals surface area contributed by atoms with Crippen molar-refractivity contribution in [2.45, 2.75) is 6.54 Å². The van der Waals surface area contributed by atoms with E-state index < -0.39 is 0 Å². The van der Waals surface area contributed by atoms with Crippen LogP contribution >= 0.6 is 0 Å². The van der Waals surface area contributed by atoms with E-state index in [9.17, 15) is 9.59 Å². The van der Waals surface area contributed by atoms with Crippen molar-refractivity contribution in [2.24, 2.45) is 0 Å². The molecule has 1 fully saturated rings. The van der Waals surface area contributed by atoms with Crippen LogP contribution in [0.2, 0.25) is 0 Å². The van der Waals surface area contributed by atoms with Crippen LogP contribution in [-0.4, -0.2) is 49.8 Å². The molecule has 0 aliphatic carbocycles. The Morgan fingerprint density at radius 1 is 0.800 bits per heavy atom. The Balaban J connectivity index is 1.32. The third-order valence-electron chi connectivity index (χ3n) is 6.53. The molecule has 7 heteroatoms. The summed E-state index contributed by atoms with van der Waals surface area (Å²) in [6.07, 6.45) is 1.86. The summed E-state index contributed by atoms with van der Waals surface area (Å²) in [5.74, 6) is 0.666. The van der Waals surface area contributed by atoms with E-state index in [2.05, 4.69) is 17.0 Å². The maximum absolute atomic E-state index is 13.6. The van der Waals surface area contributed by atoms with Crippen LogP contribution in [0, 0.1) is 0 Å². The molecule has 3 aliphatic rings. The summed E-state index contributed by atoms with van der Waals surface area (Å²) in [6, 6.07) is 20.9. The number of ether oxygens (including phenoxy) is 3. The number of morpholine rings is 1. The van der Waals surface area contributed by atoms with E-state index in [4.69, 9.17) is 14.2 Å². The molecular weight excluding hydrogens is 444 g/mol. The van der Waals surface area contributed by atoms with Crippen LogP contribution in [0.5, 0.6) is 11.5 Å². The molecule has 3 heterocycles. The number of carbonyl (C=O) groups is 2. The van der Waals surface area contributed by atoms with Gasteiger partial charge < -0.3 is 19.1 Å². The normalized spacial score (nSPS) is 18.2. The zero-order valence-corrected chi connectivity index (χ0v) is 19.1. The van der Waals surface area contributed by atoms with Crippen molar-refractivity contribution in [1.82, 2.24) is 4.90 Å². The molecule has 0 atom stereocenters. The van der Waals surface area contributed by atoms with Crippen molar-refractivity contribution in [3.05, 3.63) is 89.0 Å². The van der Waals surface area contributed by atoms with Gasteiger partial charge in [-0.1, -0.05) is 36.4 Å². The first kappa shape index (κ1) is 21.4. The van der Waals surface area contributed by atoms with Crippen molar-refractivity contribution in [3.8, 4) is 11.5 Å². The van der Waals surface area contributed by atoms with Gasteiger partial charge in [0.1, 0.15) is 0 Å². The lowest BCUT2D eigenvalue weighted by atomic mass is 9.91. The van der Waals surface area contributed by atoms with E-state index >= 15 is 0 Å². The molecule has 176 valence electrons. The van der Waals surface area contributed by atoms with E-state index in [1.165, 1.54) is 4.90 Å². The van der Waals surface area contributed by atoms with Crippen molar-refractivity contribution < 1.29 is 23.8 Å². The highest BCUT2D eigenvalue weighted by Gasteiger charge is 2.35. The second-order valence-corrected chi connectivity index (χ2v) is 8.68.